The van der Waals surface area contributed by atoms with Crippen molar-refractivity contribution < 1.29 is 19.1 Å². The molecular formula is C14H26O4. The van der Waals surface area contributed by atoms with Crippen LogP contribution in [0.5, 0.6) is 0 Å². The average molecular weight is 258 g/mol. The van der Waals surface area contributed by atoms with Crippen LogP contribution in [0, 0.1) is 0 Å². The Morgan fingerprint density at radius 2 is 1.67 bits per heavy atom. The van der Waals surface area contributed by atoms with E-state index in [0.29, 0.717) is 13.0 Å². The Bertz CT molecular complexity index is 238. The molecule has 106 valence electrons. The molecule has 1 atom stereocenters. The van der Waals surface area contributed by atoms with E-state index in [2.05, 4.69) is 6.92 Å². The molecule has 0 spiro atoms. The van der Waals surface area contributed by atoms with Gasteiger partial charge in [0.2, 0.25) is 0 Å². The first-order valence-electron chi connectivity index (χ1n) is 6.95. The molecule has 0 heterocycles. The Balaban J connectivity index is 4.03. The predicted octanol–water partition coefficient (Wildman–Crippen LogP) is 3.23. The first kappa shape index (κ1) is 16.9. The molecule has 0 aliphatic heterocycles. The molecule has 0 saturated carbocycles. The molecule has 0 aliphatic carbocycles. The zero-order chi connectivity index (χ0) is 13.8. The molecule has 0 amide bonds. The van der Waals surface area contributed by atoms with E-state index in [0.717, 1.165) is 38.5 Å². The highest BCUT2D eigenvalue weighted by atomic mass is 16.6. The van der Waals surface area contributed by atoms with Crippen molar-refractivity contribution in [2.75, 3.05) is 6.61 Å². The molecule has 4 heteroatoms. The first-order chi connectivity index (χ1) is 8.61. The van der Waals surface area contributed by atoms with Gasteiger partial charge in [-0.15, -0.1) is 0 Å². The number of rotatable bonds is 10. The van der Waals surface area contributed by atoms with E-state index >= 15 is 0 Å². The molecule has 0 radical (unpaired) electrons. The quantitative estimate of drug-likeness (QED) is 0.446. The van der Waals surface area contributed by atoms with Crippen LogP contribution < -0.4 is 0 Å². The van der Waals surface area contributed by atoms with Crippen molar-refractivity contribution in [1.82, 2.24) is 0 Å². The number of carbonyl (C=O) groups excluding carboxylic acids is 2. The van der Waals surface area contributed by atoms with Crippen LogP contribution in [0.2, 0.25) is 0 Å². The summed E-state index contributed by atoms with van der Waals surface area (Å²) in [5, 5.41) is 0. The Morgan fingerprint density at radius 3 is 2.22 bits per heavy atom. The van der Waals surface area contributed by atoms with Crippen molar-refractivity contribution in [3.8, 4) is 0 Å². The summed E-state index contributed by atoms with van der Waals surface area (Å²) in [6, 6.07) is 0. The highest BCUT2D eigenvalue weighted by molar-refractivity contribution is 5.78. The van der Waals surface area contributed by atoms with Crippen LogP contribution in [0.1, 0.15) is 65.7 Å². The summed E-state index contributed by atoms with van der Waals surface area (Å²) >= 11 is 0. The highest BCUT2D eigenvalue weighted by Gasteiger charge is 2.22. The zero-order valence-corrected chi connectivity index (χ0v) is 11.9. The molecule has 0 N–H and O–H groups in total. The van der Waals surface area contributed by atoms with Crippen LogP contribution in [0.25, 0.3) is 0 Å². The fraction of sp³-hybridized carbons (Fsp3) is 0.857. The van der Waals surface area contributed by atoms with Gasteiger partial charge in [-0.1, -0.05) is 39.5 Å². The van der Waals surface area contributed by atoms with Gasteiger partial charge in [-0.3, -0.25) is 4.79 Å². The van der Waals surface area contributed by atoms with Gasteiger partial charge in [-0.25, -0.2) is 4.79 Å². The normalized spacial score (nSPS) is 11.9. The molecule has 0 rings (SSSR count). The second-order valence-electron chi connectivity index (χ2n) is 4.47. The smallest absolute Gasteiger partial charge is 0.347 e. The van der Waals surface area contributed by atoms with Crippen molar-refractivity contribution in [2.24, 2.45) is 0 Å². The summed E-state index contributed by atoms with van der Waals surface area (Å²) < 4.78 is 10.1. The lowest BCUT2D eigenvalue weighted by Gasteiger charge is -2.15. The minimum Gasteiger partial charge on any atom is -0.463 e. The number of hydrogen-bond acceptors (Lipinski definition) is 4. The molecule has 0 bridgehead atoms. The van der Waals surface area contributed by atoms with Gasteiger partial charge in [0, 0.05) is 6.92 Å². The maximum atomic E-state index is 11.7. The second kappa shape index (κ2) is 11.1. The van der Waals surface area contributed by atoms with E-state index in [1.807, 2.05) is 6.92 Å². The van der Waals surface area contributed by atoms with E-state index in [-0.39, 0.29) is 0 Å². The molecule has 18 heavy (non-hydrogen) atoms. The van der Waals surface area contributed by atoms with Crippen molar-refractivity contribution in [1.29, 1.82) is 0 Å². The fourth-order valence-electron chi connectivity index (χ4n) is 1.59. The average Bonchev–Trinajstić information content (AvgIpc) is 2.32. The Morgan fingerprint density at radius 1 is 1.00 bits per heavy atom. The Kier molecular flexibility index (Phi) is 10.4. The standard InChI is InChI=1S/C14H26O4/c1-4-6-8-9-10-13(18-12(3)15)14(16)17-11-7-5-2/h13H,4-11H2,1-3H3. The van der Waals surface area contributed by atoms with Gasteiger partial charge in [0.05, 0.1) is 6.61 Å². The minimum absolute atomic E-state index is 0.405. The summed E-state index contributed by atoms with van der Waals surface area (Å²) in [6.45, 7) is 5.88. The summed E-state index contributed by atoms with van der Waals surface area (Å²) in [5.41, 5.74) is 0. The van der Waals surface area contributed by atoms with Crippen molar-refractivity contribution in [3.63, 3.8) is 0 Å². The number of ether oxygens (including phenoxy) is 2. The molecule has 0 aliphatic rings. The van der Waals surface area contributed by atoms with Gasteiger partial charge in [-0.05, 0) is 19.3 Å². The molecule has 0 saturated heterocycles. The van der Waals surface area contributed by atoms with Gasteiger partial charge in [0.15, 0.2) is 6.10 Å². The van der Waals surface area contributed by atoms with Crippen molar-refractivity contribution >= 4 is 11.9 Å². The first-order valence-corrected chi connectivity index (χ1v) is 6.95. The molecule has 0 fully saturated rings. The van der Waals surface area contributed by atoms with Gasteiger partial charge < -0.3 is 9.47 Å². The van der Waals surface area contributed by atoms with Gasteiger partial charge in [0.1, 0.15) is 0 Å². The van der Waals surface area contributed by atoms with Gasteiger partial charge in [0.25, 0.3) is 0 Å². The molecular weight excluding hydrogens is 232 g/mol. The summed E-state index contributed by atoms with van der Waals surface area (Å²) in [4.78, 5) is 22.7. The monoisotopic (exact) mass is 258 g/mol. The molecule has 0 aromatic rings. The zero-order valence-electron chi connectivity index (χ0n) is 11.9. The van der Waals surface area contributed by atoms with Crippen LogP contribution in [0.4, 0.5) is 0 Å². The second-order valence-corrected chi connectivity index (χ2v) is 4.47. The van der Waals surface area contributed by atoms with Crippen LogP contribution in [0.15, 0.2) is 0 Å². The largest absolute Gasteiger partial charge is 0.463 e. The highest BCUT2D eigenvalue weighted by Crippen LogP contribution is 2.10. The number of unbranched alkanes of at least 4 members (excludes halogenated alkanes) is 4. The summed E-state index contributed by atoms with van der Waals surface area (Å²) in [7, 11) is 0. The van der Waals surface area contributed by atoms with Crippen LogP contribution in [-0.4, -0.2) is 24.6 Å². The Hall–Kier alpha value is -1.06. The summed E-state index contributed by atoms with van der Waals surface area (Å²) in [6.07, 6.45) is 5.86. The lowest BCUT2D eigenvalue weighted by molar-refractivity contribution is -0.167. The maximum absolute atomic E-state index is 11.7. The van der Waals surface area contributed by atoms with E-state index in [9.17, 15) is 9.59 Å². The molecule has 1 unspecified atom stereocenters. The van der Waals surface area contributed by atoms with Crippen molar-refractivity contribution in [3.05, 3.63) is 0 Å². The number of carbonyl (C=O) groups is 2. The predicted molar refractivity (Wildman–Crippen MR) is 70.2 cm³/mol. The third-order valence-corrected chi connectivity index (χ3v) is 2.63. The lowest BCUT2D eigenvalue weighted by Crippen LogP contribution is -2.28. The lowest BCUT2D eigenvalue weighted by atomic mass is 10.1. The number of esters is 2. The van der Waals surface area contributed by atoms with Gasteiger partial charge in [-0.2, -0.15) is 0 Å². The third kappa shape index (κ3) is 9.02. The van der Waals surface area contributed by atoms with Gasteiger partial charge >= 0.3 is 11.9 Å². The topological polar surface area (TPSA) is 52.6 Å². The van der Waals surface area contributed by atoms with E-state index in [4.69, 9.17) is 9.47 Å². The number of hydrogen-bond donors (Lipinski definition) is 0. The summed E-state index contributed by atoms with van der Waals surface area (Å²) in [5.74, 6) is -0.835. The molecule has 4 nitrogen and oxygen atoms in total. The van der Waals surface area contributed by atoms with Crippen LogP contribution >= 0.6 is 0 Å². The van der Waals surface area contributed by atoms with E-state index < -0.39 is 18.0 Å². The SMILES string of the molecule is CCCCCCC(OC(C)=O)C(=O)OCCCC. The van der Waals surface area contributed by atoms with Crippen LogP contribution in [0.3, 0.4) is 0 Å². The minimum atomic E-state index is -0.726. The van der Waals surface area contributed by atoms with Crippen LogP contribution in [-0.2, 0) is 19.1 Å². The molecule has 0 aromatic heterocycles. The molecule has 0 aromatic carbocycles. The van der Waals surface area contributed by atoms with E-state index in [1.54, 1.807) is 0 Å². The Labute approximate surface area is 110 Å². The maximum Gasteiger partial charge on any atom is 0.347 e. The van der Waals surface area contributed by atoms with Crippen molar-refractivity contribution in [2.45, 2.75) is 71.8 Å². The van der Waals surface area contributed by atoms with E-state index in [1.165, 1.54) is 6.92 Å². The fourth-order valence-corrected chi connectivity index (χ4v) is 1.59. The third-order valence-electron chi connectivity index (χ3n) is 2.63.